The summed E-state index contributed by atoms with van der Waals surface area (Å²) in [6.45, 7) is 5.96. The second kappa shape index (κ2) is 13.8. The number of carbonyl (C=O) groups is 2. The summed E-state index contributed by atoms with van der Waals surface area (Å²) in [6, 6.07) is 23.3. The number of benzene rings is 3. The van der Waals surface area contributed by atoms with Gasteiger partial charge in [0.25, 0.3) is 0 Å². The van der Waals surface area contributed by atoms with Gasteiger partial charge in [0.15, 0.2) is 5.84 Å². The highest BCUT2D eigenvalue weighted by Crippen LogP contribution is 2.36. The lowest BCUT2D eigenvalue weighted by Crippen LogP contribution is -2.39. The van der Waals surface area contributed by atoms with E-state index in [1.165, 1.54) is 15.9 Å². The molecule has 0 bridgehead atoms. The lowest BCUT2D eigenvalue weighted by Gasteiger charge is -2.38. The molecule has 0 spiro atoms. The van der Waals surface area contributed by atoms with Crippen LogP contribution in [0.1, 0.15) is 40.0 Å². The van der Waals surface area contributed by atoms with Gasteiger partial charge in [-0.2, -0.15) is 0 Å². The van der Waals surface area contributed by atoms with Crippen molar-refractivity contribution >= 4 is 34.8 Å². The Kier molecular flexibility index (Phi) is 9.69. The quantitative estimate of drug-likeness (QED) is 0.131. The molecule has 0 radical (unpaired) electrons. The summed E-state index contributed by atoms with van der Waals surface area (Å²) in [7, 11) is 1.63. The second-order valence-corrected chi connectivity index (χ2v) is 11.7. The smallest absolute Gasteiger partial charge is 0.339 e. The topological polar surface area (TPSA) is 123 Å². The number of nitrogens with two attached hydrogens (primary N) is 1. The van der Waals surface area contributed by atoms with Crippen molar-refractivity contribution in [2.24, 2.45) is 10.7 Å². The number of likely N-dealkylation sites (N-methyl/N-ethyl adjacent to an activating group) is 1. The number of hydrogen-bond donors (Lipinski definition) is 2. The van der Waals surface area contributed by atoms with Crippen LogP contribution >= 0.6 is 0 Å². The molecule has 46 heavy (non-hydrogen) atoms. The molecule has 1 heterocycles. The van der Waals surface area contributed by atoms with E-state index in [1.54, 1.807) is 74.8 Å². The molecular formula is C36H40N6O4. The predicted octanol–water partition coefficient (Wildman–Crippen LogP) is 7.43. The normalized spacial score (nSPS) is 18.7. The number of amides is 3. The van der Waals surface area contributed by atoms with Crippen LogP contribution in [0.25, 0.3) is 0 Å². The Morgan fingerprint density at radius 2 is 1.72 bits per heavy atom. The van der Waals surface area contributed by atoms with Gasteiger partial charge in [0.1, 0.15) is 17.2 Å². The fraction of sp³-hybridized carbons (Fsp3) is 0.250. The zero-order chi connectivity index (χ0) is 32.8. The number of allylic oxidation sites excluding steroid dienone is 2. The van der Waals surface area contributed by atoms with Gasteiger partial charge in [-0.05, 0) is 80.9 Å². The van der Waals surface area contributed by atoms with E-state index in [1.807, 2.05) is 44.2 Å². The lowest BCUT2D eigenvalue weighted by atomic mass is 10.2. The van der Waals surface area contributed by atoms with Crippen molar-refractivity contribution in [3.63, 3.8) is 0 Å². The van der Waals surface area contributed by atoms with Gasteiger partial charge in [-0.25, -0.2) is 14.7 Å². The molecule has 1 aliphatic heterocycles. The zero-order valence-electron chi connectivity index (χ0n) is 26.6. The van der Waals surface area contributed by atoms with E-state index in [0.717, 1.165) is 24.8 Å². The summed E-state index contributed by atoms with van der Waals surface area (Å²) < 4.78 is 5.57. The SMILES string of the molecule is CC/C(C)=C/N=C1\C(=C(/C)N)N(c2ccc(Oc3ccccc3)cc2)C(=O)N1c1cccc(NC(=O)/C=C/C[N+](C)([O-])C2CC2)c1. The number of aliphatic imine (C=N–C) groups is 1. The van der Waals surface area contributed by atoms with E-state index in [-0.39, 0.29) is 29.2 Å². The molecule has 3 N–H and O–H groups in total. The van der Waals surface area contributed by atoms with Crippen LogP contribution in [0.5, 0.6) is 11.5 Å². The highest BCUT2D eigenvalue weighted by Gasteiger charge is 2.42. The minimum atomic E-state index is -0.381. The highest BCUT2D eigenvalue weighted by molar-refractivity contribution is 6.36. The zero-order valence-corrected chi connectivity index (χ0v) is 26.6. The van der Waals surface area contributed by atoms with Crippen LogP contribution in [-0.4, -0.2) is 42.1 Å². The van der Waals surface area contributed by atoms with Gasteiger partial charge in [-0.3, -0.25) is 9.69 Å². The summed E-state index contributed by atoms with van der Waals surface area (Å²) in [4.78, 5) is 34.7. The number of nitrogens with one attached hydrogen (secondary N) is 1. The molecule has 1 saturated carbocycles. The Bertz CT molecular complexity index is 1700. The van der Waals surface area contributed by atoms with Gasteiger partial charge in [0, 0.05) is 36.5 Å². The first-order valence-electron chi connectivity index (χ1n) is 15.4. The fourth-order valence-corrected chi connectivity index (χ4v) is 5.03. The number of urea groups is 1. The van der Waals surface area contributed by atoms with E-state index in [4.69, 9.17) is 15.5 Å². The van der Waals surface area contributed by atoms with Crippen LogP contribution in [0.15, 0.2) is 119 Å². The Morgan fingerprint density at radius 1 is 1.02 bits per heavy atom. The van der Waals surface area contributed by atoms with Crippen molar-refractivity contribution in [3.05, 3.63) is 119 Å². The van der Waals surface area contributed by atoms with Gasteiger partial charge < -0.3 is 25.6 Å². The summed E-state index contributed by atoms with van der Waals surface area (Å²) in [5.74, 6) is 1.31. The van der Waals surface area contributed by atoms with E-state index in [0.29, 0.717) is 45.8 Å². The van der Waals surface area contributed by atoms with E-state index >= 15 is 0 Å². The first kappa shape index (κ1) is 32.2. The van der Waals surface area contributed by atoms with E-state index in [9.17, 15) is 14.8 Å². The van der Waals surface area contributed by atoms with Gasteiger partial charge in [-0.15, -0.1) is 0 Å². The predicted molar refractivity (Wildman–Crippen MR) is 183 cm³/mol. The first-order valence-corrected chi connectivity index (χ1v) is 15.4. The molecule has 10 heteroatoms. The van der Waals surface area contributed by atoms with Crippen molar-refractivity contribution in [1.82, 2.24) is 0 Å². The molecule has 1 saturated heterocycles. The third-order valence-corrected chi connectivity index (χ3v) is 7.87. The van der Waals surface area contributed by atoms with Gasteiger partial charge >= 0.3 is 6.03 Å². The maximum atomic E-state index is 14.3. The average Bonchev–Trinajstić information content (AvgIpc) is 3.85. The van der Waals surface area contributed by atoms with Gasteiger partial charge in [0.05, 0.1) is 31.0 Å². The number of carbonyl (C=O) groups excluding carboxylic acids is 2. The maximum absolute atomic E-state index is 14.3. The maximum Gasteiger partial charge on any atom is 0.339 e. The average molecular weight is 621 g/mol. The van der Waals surface area contributed by atoms with Gasteiger partial charge in [-0.1, -0.05) is 36.8 Å². The number of amidine groups is 1. The molecule has 2 fully saturated rings. The number of para-hydroxylation sites is 1. The molecule has 3 aromatic rings. The number of quaternary nitrogens is 1. The standard InChI is InChI=1S/C36H40N6O4/c1-5-25(2)24-38-35-34(26(3)37)40(28-16-20-32(21-17-28)46-31-13-7-6-8-14-31)36(44)41(35)29-12-9-11-27(23-29)39-33(43)15-10-22-42(4,45)30-18-19-30/h6-17,20-21,23-24,30H,5,18-19,22,37H2,1-4H3,(H,39,43)/b15-10+,25-24+,34-26-,38-35+. The molecular weight excluding hydrogens is 580 g/mol. The van der Waals surface area contributed by atoms with Crippen molar-refractivity contribution in [2.75, 3.05) is 28.7 Å². The molecule has 1 atom stereocenters. The molecule has 1 aliphatic carbocycles. The molecule has 2 aliphatic rings. The monoisotopic (exact) mass is 620 g/mol. The third kappa shape index (κ3) is 7.53. The molecule has 0 aromatic heterocycles. The van der Waals surface area contributed by atoms with E-state index in [2.05, 4.69) is 5.32 Å². The number of hydrogen-bond acceptors (Lipinski definition) is 6. The number of anilines is 3. The largest absolute Gasteiger partial charge is 0.633 e. The van der Waals surface area contributed by atoms with Gasteiger partial charge in [0.2, 0.25) is 5.91 Å². The third-order valence-electron chi connectivity index (χ3n) is 7.87. The number of nitrogens with zero attached hydrogens (tertiary/aromatic N) is 4. The van der Waals surface area contributed by atoms with Crippen LogP contribution in [0.2, 0.25) is 0 Å². The Hall–Kier alpha value is -5.19. The number of hydroxylamine groups is 3. The van der Waals surface area contributed by atoms with Crippen molar-refractivity contribution in [2.45, 2.75) is 46.1 Å². The van der Waals surface area contributed by atoms with Crippen LogP contribution < -0.4 is 25.6 Å². The van der Waals surface area contributed by atoms with Crippen molar-refractivity contribution < 1.29 is 19.0 Å². The fourth-order valence-electron chi connectivity index (χ4n) is 5.03. The summed E-state index contributed by atoms with van der Waals surface area (Å²) in [5.41, 5.74) is 9.88. The summed E-state index contributed by atoms with van der Waals surface area (Å²) in [6.07, 6.45) is 7.36. The minimum absolute atomic E-state index is 0.116. The molecule has 238 valence electrons. The first-order chi connectivity index (χ1) is 22.1. The summed E-state index contributed by atoms with van der Waals surface area (Å²) in [5, 5.41) is 15.4. The second-order valence-electron chi connectivity index (χ2n) is 11.7. The number of rotatable bonds is 11. The van der Waals surface area contributed by atoms with Crippen molar-refractivity contribution in [1.29, 1.82) is 0 Å². The Balaban J connectivity index is 1.44. The molecule has 10 nitrogen and oxygen atoms in total. The lowest BCUT2D eigenvalue weighted by molar-refractivity contribution is -0.865. The Labute approximate surface area is 269 Å². The van der Waals surface area contributed by atoms with Crippen molar-refractivity contribution in [3.8, 4) is 11.5 Å². The summed E-state index contributed by atoms with van der Waals surface area (Å²) >= 11 is 0. The molecule has 3 aromatic carbocycles. The molecule has 5 rings (SSSR count). The number of ether oxygens (including phenoxy) is 1. The van der Waals surface area contributed by atoms with Crippen LogP contribution in [0.4, 0.5) is 21.9 Å². The highest BCUT2D eigenvalue weighted by atomic mass is 16.5. The molecule has 1 unspecified atom stereocenters. The van der Waals surface area contributed by atoms with Crippen LogP contribution in [0, 0.1) is 5.21 Å². The van der Waals surface area contributed by atoms with Crippen LogP contribution in [0.3, 0.4) is 0 Å². The minimum Gasteiger partial charge on any atom is -0.633 e. The van der Waals surface area contributed by atoms with E-state index < -0.39 is 0 Å². The van der Waals surface area contributed by atoms with Crippen LogP contribution in [-0.2, 0) is 4.79 Å². The Morgan fingerprint density at radius 3 is 2.37 bits per heavy atom. The molecule has 3 amide bonds.